The molecule has 0 aliphatic heterocycles. The lowest BCUT2D eigenvalue weighted by molar-refractivity contribution is 0.184. The number of rotatable bonds is 7. The summed E-state index contributed by atoms with van der Waals surface area (Å²) in [4.78, 5) is 0. The second-order valence-corrected chi connectivity index (χ2v) is 4.97. The molecule has 0 saturated heterocycles. The van der Waals surface area contributed by atoms with Crippen LogP contribution in [0.3, 0.4) is 0 Å². The van der Waals surface area contributed by atoms with Crippen molar-refractivity contribution in [3.8, 4) is 0 Å². The lowest BCUT2D eigenvalue weighted by Crippen LogP contribution is -2.18. The van der Waals surface area contributed by atoms with Gasteiger partial charge < -0.3 is 10.1 Å². The molecule has 0 fully saturated rings. The smallest absolute Gasteiger partial charge is 0.0480 e. The van der Waals surface area contributed by atoms with Gasteiger partial charge in [0.1, 0.15) is 0 Å². The molecule has 0 saturated carbocycles. The normalized spacial score (nSPS) is 13.0. The Kier molecular flexibility index (Phi) is 6.23. The van der Waals surface area contributed by atoms with E-state index in [1.807, 2.05) is 7.05 Å². The predicted molar refractivity (Wildman–Crippen MR) is 73.3 cm³/mol. The molecule has 0 aliphatic rings. The Morgan fingerprint density at radius 1 is 1.29 bits per heavy atom. The lowest BCUT2D eigenvalue weighted by Gasteiger charge is -2.17. The first-order valence-corrected chi connectivity index (χ1v) is 6.42. The van der Waals surface area contributed by atoms with Gasteiger partial charge >= 0.3 is 0 Å². The Balaban J connectivity index is 2.73. The summed E-state index contributed by atoms with van der Waals surface area (Å²) in [5.41, 5.74) is 2.79. The molecule has 0 spiro atoms. The molecule has 0 aromatic heterocycles. The largest absolute Gasteiger partial charge is 0.385 e. The summed E-state index contributed by atoms with van der Waals surface area (Å²) in [6, 6.07) is 9.27. The molecule has 0 radical (unpaired) electrons. The molecule has 2 heteroatoms. The first-order chi connectivity index (χ1) is 8.17. The summed E-state index contributed by atoms with van der Waals surface area (Å²) in [5.74, 6) is 0.706. The van der Waals surface area contributed by atoms with Crippen LogP contribution < -0.4 is 5.32 Å². The molecule has 96 valence electrons. The molecule has 0 bridgehead atoms. The third kappa shape index (κ3) is 4.88. The lowest BCUT2D eigenvalue weighted by atomic mass is 9.97. The van der Waals surface area contributed by atoms with Crippen LogP contribution in [0.1, 0.15) is 37.4 Å². The summed E-state index contributed by atoms with van der Waals surface area (Å²) in [6.07, 6.45) is 2.16. The Morgan fingerprint density at radius 2 is 2.06 bits per heavy atom. The van der Waals surface area contributed by atoms with Crippen LogP contribution in [0, 0.1) is 5.92 Å². The van der Waals surface area contributed by atoms with Gasteiger partial charge in [0.2, 0.25) is 0 Å². The van der Waals surface area contributed by atoms with Crippen molar-refractivity contribution >= 4 is 0 Å². The summed E-state index contributed by atoms with van der Waals surface area (Å²) < 4.78 is 5.15. The van der Waals surface area contributed by atoms with Crippen molar-refractivity contribution in [1.29, 1.82) is 0 Å². The Bertz CT molecular complexity index is 322. The van der Waals surface area contributed by atoms with Crippen molar-refractivity contribution in [2.75, 3.05) is 20.8 Å². The first kappa shape index (κ1) is 14.2. The molecule has 1 aromatic carbocycles. The molecular weight excluding hydrogens is 210 g/mol. The maximum Gasteiger partial charge on any atom is 0.0480 e. The Morgan fingerprint density at radius 3 is 2.65 bits per heavy atom. The molecule has 0 aliphatic carbocycles. The molecule has 17 heavy (non-hydrogen) atoms. The molecular formula is C15H25NO. The van der Waals surface area contributed by atoms with Gasteiger partial charge in [0.15, 0.2) is 0 Å². The summed E-state index contributed by atoms with van der Waals surface area (Å²) in [7, 11) is 3.76. The maximum atomic E-state index is 5.15. The average molecular weight is 235 g/mol. The zero-order valence-electron chi connectivity index (χ0n) is 11.5. The highest BCUT2D eigenvalue weighted by atomic mass is 16.5. The van der Waals surface area contributed by atoms with E-state index in [4.69, 9.17) is 4.74 Å². The van der Waals surface area contributed by atoms with E-state index in [-0.39, 0.29) is 0 Å². The second kappa shape index (κ2) is 7.46. The zero-order chi connectivity index (χ0) is 12.7. The number of ether oxygens (including phenoxy) is 1. The Hall–Kier alpha value is -0.860. The quantitative estimate of drug-likeness (QED) is 0.783. The van der Waals surface area contributed by atoms with Gasteiger partial charge in [0, 0.05) is 19.8 Å². The van der Waals surface area contributed by atoms with E-state index in [0.29, 0.717) is 12.0 Å². The van der Waals surface area contributed by atoms with Crippen LogP contribution in [0.15, 0.2) is 24.3 Å². The SMILES string of the molecule is CNC(CCOC)c1cccc(CC(C)C)c1. The zero-order valence-corrected chi connectivity index (χ0v) is 11.5. The summed E-state index contributed by atoms with van der Waals surface area (Å²) >= 11 is 0. The van der Waals surface area contributed by atoms with Crippen molar-refractivity contribution in [3.05, 3.63) is 35.4 Å². The highest BCUT2D eigenvalue weighted by Crippen LogP contribution is 2.19. The standard InChI is InChI=1S/C15H25NO/c1-12(2)10-13-6-5-7-14(11-13)15(16-3)8-9-17-4/h5-7,11-12,15-16H,8-10H2,1-4H3. The highest BCUT2D eigenvalue weighted by molar-refractivity contribution is 5.26. The van der Waals surface area contributed by atoms with Gasteiger partial charge in [-0.3, -0.25) is 0 Å². The van der Waals surface area contributed by atoms with Crippen molar-refractivity contribution in [1.82, 2.24) is 5.32 Å². The molecule has 1 N–H and O–H groups in total. The number of hydrogen-bond donors (Lipinski definition) is 1. The fourth-order valence-corrected chi connectivity index (χ4v) is 2.12. The minimum Gasteiger partial charge on any atom is -0.385 e. The van der Waals surface area contributed by atoms with Crippen molar-refractivity contribution in [2.45, 2.75) is 32.7 Å². The van der Waals surface area contributed by atoms with E-state index in [0.717, 1.165) is 19.4 Å². The molecule has 0 heterocycles. The van der Waals surface area contributed by atoms with E-state index in [2.05, 4.69) is 43.4 Å². The van der Waals surface area contributed by atoms with Crippen LogP contribution in [-0.4, -0.2) is 20.8 Å². The number of methoxy groups -OCH3 is 1. The molecule has 0 amide bonds. The predicted octanol–water partition coefficient (Wildman–Crippen LogP) is 3.18. The third-order valence-corrected chi connectivity index (χ3v) is 2.96. The van der Waals surface area contributed by atoms with Crippen molar-refractivity contribution in [2.24, 2.45) is 5.92 Å². The fourth-order valence-electron chi connectivity index (χ4n) is 2.12. The van der Waals surface area contributed by atoms with Gasteiger partial charge in [-0.15, -0.1) is 0 Å². The number of benzene rings is 1. The van der Waals surface area contributed by atoms with Crippen LogP contribution in [0.2, 0.25) is 0 Å². The second-order valence-electron chi connectivity index (χ2n) is 4.97. The van der Waals surface area contributed by atoms with E-state index < -0.39 is 0 Å². The van der Waals surface area contributed by atoms with Gasteiger partial charge in [-0.2, -0.15) is 0 Å². The molecule has 1 unspecified atom stereocenters. The van der Waals surface area contributed by atoms with E-state index in [9.17, 15) is 0 Å². The van der Waals surface area contributed by atoms with Crippen molar-refractivity contribution in [3.63, 3.8) is 0 Å². The van der Waals surface area contributed by atoms with Gasteiger partial charge in [-0.1, -0.05) is 38.1 Å². The van der Waals surface area contributed by atoms with Gasteiger partial charge in [0.25, 0.3) is 0 Å². The van der Waals surface area contributed by atoms with Crippen LogP contribution in [0.5, 0.6) is 0 Å². The average Bonchev–Trinajstić information content (AvgIpc) is 2.30. The van der Waals surface area contributed by atoms with Crippen LogP contribution in [0.4, 0.5) is 0 Å². The van der Waals surface area contributed by atoms with Crippen LogP contribution >= 0.6 is 0 Å². The van der Waals surface area contributed by atoms with E-state index >= 15 is 0 Å². The Labute approximate surface area is 105 Å². The molecule has 2 nitrogen and oxygen atoms in total. The van der Waals surface area contributed by atoms with E-state index in [1.54, 1.807) is 7.11 Å². The molecule has 1 aromatic rings. The minimum absolute atomic E-state index is 0.391. The minimum atomic E-state index is 0.391. The first-order valence-electron chi connectivity index (χ1n) is 6.42. The maximum absolute atomic E-state index is 5.15. The van der Waals surface area contributed by atoms with Crippen LogP contribution in [-0.2, 0) is 11.2 Å². The molecule has 1 rings (SSSR count). The third-order valence-electron chi connectivity index (χ3n) is 2.96. The van der Waals surface area contributed by atoms with Crippen LogP contribution in [0.25, 0.3) is 0 Å². The fraction of sp³-hybridized carbons (Fsp3) is 0.600. The summed E-state index contributed by atoms with van der Waals surface area (Å²) in [6.45, 7) is 5.31. The summed E-state index contributed by atoms with van der Waals surface area (Å²) in [5, 5.41) is 3.35. The number of hydrogen-bond acceptors (Lipinski definition) is 2. The van der Waals surface area contributed by atoms with E-state index in [1.165, 1.54) is 11.1 Å². The topological polar surface area (TPSA) is 21.3 Å². The van der Waals surface area contributed by atoms with Gasteiger partial charge in [-0.05, 0) is 36.9 Å². The molecule has 1 atom stereocenters. The van der Waals surface area contributed by atoms with Gasteiger partial charge in [-0.25, -0.2) is 0 Å². The highest BCUT2D eigenvalue weighted by Gasteiger charge is 2.09. The van der Waals surface area contributed by atoms with Gasteiger partial charge in [0.05, 0.1) is 0 Å². The monoisotopic (exact) mass is 235 g/mol. The number of nitrogens with one attached hydrogen (secondary N) is 1. The van der Waals surface area contributed by atoms with Crippen molar-refractivity contribution < 1.29 is 4.74 Å².